The second-order valence-electron chi connectivity index (χ2n) is 5.47. The van der Waals surface area contributed by atoms with Gasteiger partial charge in [-0.2, -0.15) is 0 Å². The molecular weight excluding hydrogens is 336 g/mol. The summed E-state index contributed by atoms with van der Waals surface area (Å²) in [6.07, 6.45) is 3.08. The Balaban J connectivity index is 1.68. The van der Waals surface area contributed by atoms with Gasteiger partial charge in [-0.05, 0) is 37.5 Å². The average Bonchev–Trinajstić information content (AvgIpc) is 3.06. The van der Waals surface area contributed by atoms with Gasteiger partial charge in [0.25, 0.3) is 11.8 Å². The zero-order chi connectivity index (χ0) is 17.1. The van der Waals surface area contributed by atoms with Crippen LogP contribution >= 0.6 is 11.3 Å². The maximum atomic E-state index is 13.2. The predicted molar refractivity (Wildman–Crippen MR) is 86.2 cm³/mol. The topological polar surface area (TPSA) is 62.3 Å². The molecule has 0 unspecified atom stereocenters. The van der Waals surface area contributed by atoms with Crippen LogP contribution in [0.2, 0.25) is 0 Å². The Bertz CT molecular complexity index is 772. The van der Waals surface area contributed by atoms with Gasteiger partial charge >= 0.3 is 0 Å². The summed E-state index contributed by atoms with van der Waals surface area (Å²) in [6.45, 7) is 1.43. The molecule has 1 aromatic heterocycles. The third kappa shape index (κ3) is 3.59. The van der Waals surface area contributed by atoms with Crippen molar-refractivity contribution in [3.8, 4) is 0 Å². The van der Waals surface area contributed by atoms with Crippen LogP contribution in [0.5, 0.6) is 0 Å². The zero-order valence-electron chi connectivity index (χ0n) is 12.7. The van der Waals surface area contributed by atoms with E-state index in [0.717, 1.165) is 42.7 Å². The monoisotopic (exact) mass is 351 g/mol. The highest BCUT2D eigenvalue weighted by Gasteiger charge is 2.21. The minimum absolute atomic E-state index is 0.0204. The van der Waals surface area contributed by atoms with Gasteiger partial charge in [0.1, 0.15) is 5.69 Å². The highest BCUT2D eigenvalue weighted by Crippen LogP contribution is 2.20. The molecule has 2 aromatic rings. The van der Waals surface area contributed by atoms with E-state index in [2.05, 4.69) is 10.3 Å². The second kappa shape index (κ2) is 7.04. The number of nitrogens with one attached hydrogen (secondary N) is 1. The van der Waals surface area contributed by atoms with Crippen molar-refractivity contribution >= 4 is 28.3 Å². The van der Waals surface area contributed by atoms with E-state index in [9.17, 15) is 18.4 Å². The minimum Gasteiger partial charge on any atom is -0.337 e. The molecule has 1 N–H and O–H groups in total. The summed E-state index contributed by atoms with van der Waals surface area (Å²) in [5.74, 6) is -2.88. The number of carbonyl (C=O) groups is 2. The molecule has 0 bridgehead atoms. The molecule has 1 aromatic carbocycles. The van der Waals surface area contributed by atoms with Crippen LogP contribution in [-0.4, -0.2) is 34.8 Å². The molecule has 1 saturated heterocycles. The Morgan fingerprint density at radius 2 is 1.88 bits per heavy atom. The van der Waals surface area contributed by atoms with Crippen molar-refractivity contribution in [3.05, 3.63) is 46.5 Å². The van der Waals surface area contributed by atoms with E-state index in [4.69, 9.17) is 0 Å². The van der Waals surface area contributed by atoms with E-state index in [1.807, 2.05) is 0 Å². The van der Waals surface area contributed by atoms with Gasteiger partial charge in [-0.1, -0.05) is 0 Å². The van der Waals surface area contributed by atoms with Gasteiger partial charge in [0.05, 0.1) is 0 Å². The average molecular weight is 351 g/mol. The number of thiazole rings is 1. The normalized spacial score (nSPS) is 14.5. The van der Waals surface area contributed by atoms with Crippen LogP contribution in [0.4, 0.5) is 13.9 Å². The Labute approximate surface area is 141 Å². The summed E-state index contributed by atoms with van der Waals surface area (Å²) < 4.78 is 26.1. The first-order chi connectivity index (χ1) is 11.5. The van der Waals surface area contributed by atoms with E-state index in [1.165, 1.54) is 6.07 Å². The lowest BCUT2D eigenvalue weighted by Crippen LogP contribution is -2.35. The number of hydrogen-bond donors (Lipinski definition) is 1. The molecular formula is C16H15F2N3O2S. The summed E-state index contributed by atoms with van der Waals surface area (Å²) in [4.78, 5) is 30.2. The summed E-state index contributed by atoms with van der Waals surface area (Å²) in [7, 11) is 0. The van der Waals surface area contributed by atoms with Gasteiger partial charge in [-0.15, -0.1) is 11.3 Å². The van der Waals surface area contributed by atoms with Crippen molar-refractivity contribution in [3.63, 3.8) is 0 Å². The lowest BCUT2D eigenvalue weighted by Gasteiger charge is -2.25. The van der Waals surface area contributed by atoms with E-state index in [0.29, 0.717) is 13.1 Å². The molecule has 0 radical (unpaired) electrons. The van der Waals surface area contributed by atoms with Crippen LogP contribution in [0, 0.1) is 11.6 Å². The third-order valence-corrected chi connectivity index (χ3v) is 4.53. The number of piperidine rings is 1. The highest BCUT2D eigenvalue weighted by molar-refractivity contribution is 7.14. The van der Waals surface area contributed by atoms with Gasteiger partial charge in [0, 0.05) is 24.0 Å². The number of amides is 2. The summed E-state index contributed by atoms with van der Waals surface area (Å²) in [5.41, 5.74) is 0.260. The fourth-order valence-corrected chi connectivity index (χ4v) is 3.17. The molecule has 1 aliphatic rings. The maximum absolute atomic E-state index is 13.2. The van der Waals surface area contributed by atoms with Crippen molar-refractivity contribution in [1.29, 1.82) is 0 Å². The van der Waals surface area contributed by atoms with Crippen LogP contribution in [0.25, 0.3) is 0 Å². The zero-order valence-corrected chi connectivity index (χ0v) is 13.5. The summed E-state index contributed by atoms with van der Waals surface area (Å²) in [5, 5.41) is 4.31. The van der Waals surface area contributed by atoms with Crippen molar-refractivity contribution in [2.24, 2.45) is 0 Å². The summed E-state index contributed by atoms with van der Waals surface area (Å²) >= 11 is 1.11. The molecule has 2 amide bonds. The van der Waals surface area contributed by atoms with Crippen molar-refractivity contribution in [2.45, 2.75) is 19.3 Å². The fourth-order valence-electron chi connectivity index (χ4n) is 2.50. The number of rotatable bonds is 3. The minimum atomic E-state index is -1.09. The number of halogens is 2. The molecule has 1 fully saturated rings. The Kier molecular flexibility index (Phi) is 4.84. The standard InChI is InChI=1S/C16H15F2N3O2S/c17-11-5-4-10(8-12(11)18)14(22)20-16-19-13(9-24-16)15(23)21-6-2-1-3-7-21/h4-5,8-9H,1-3,6-7H2,(H,19,20,22). The van der Waals surface area contributed by atoms with Gasteiger partial charge in [0.15, 0.2) is 16.8 Å². The lowest BCUT2D eigenvalue weighted by molar-refractivity contribution is 0.0719. The molecule has 0 aliphatic carbocycles. The van der Waals surface area contributed by atoms with Crippen LogP contribution in [0.3, 0.4) is 0 Å². The predicted octanol–water partition coefficient (Wildman–Crippen LogP) is 3.30. The number of benzene rings is 1. The van der Waals surface area contributed by atoms with Crippen LogP contribution in [-0.2, 0) is 0 Å². The molecule has 5 nitrogen and oxygen atoms in total. The van der Waals surface area contributed by atoms with Gasteiger partial charge in [0.2, 0.25) is 0 Å². The first-order valence-electron chi connectivity index (χ1n) is 7.56. The fraction of sp³-hybridized carbons (Fsp3) is 0.312. The van der Waals surface area contributed by atoms with Crippen molar-refractivity contribution < 1.29 is 18.4 Å². The van der Waals surface area contributed by atoms with E-state index >= 15 is 0 Å². The van der Waals surface area contributed by atoms with Crippen LogP contribution < -0.4 is 5.32 Å². The van der Waals surface area contributed by atoms with Gasteiger partial charge in [-0.3, -0.25) is 14.9 Å². The number of hydrogen-bond acceptors (Lipinski definition) is 4. The highest BCUT2D eigenvalue weighted by atomic mass is 32.1. The van der Waals surface area contributed by atoms with Gasteiger partial charge < -0.3 is 4.90 Å². The number of aromatic nitrogens is 1. The summed E-state index contributed by atoms with van der Waals surface area (Å²) in [6, 6.07) is 2.89. The maximum Gasteiger partial charge on any atom is 0.273 e. The molecule has 8 heteroatoms. The molecule has 126 valence electrons. The number of anilines is 1. The second-order valence-corrected chi connectivity index (χ2v) is 6.33. The van der Waals surface area contributed by atoms with Crippen molar-refractivity contribution in [2.75, 3.05) is 18.4 Å². The smallest absolute Gasteiger partial charge is 0.273 e. The first-order valence-corrected chi connectivity index (χ1v) is 8.44. The van der Waals surface area contributed by atoms with E-state index < -0.39 is 17.5 Å². The Morgan fingerprint density at radius 1 is 1.12 bits per heavy atom. The molecule has 2 heterocycles. The molecule has 0 spiro atoms. The van der Waals surface area contributed by atoms with Crippen LogP contribution in [0.1, 0.15) is 40.1 Å². The van der Waals surface area contributed by atoms with E-state index in [-0.39, 0.29) is 22.3 Å². The number of nitrogens with zero attached hydrogens (tertiary/aromatic N) is 2. The molecule has 0 saturated carbocycles. The number of carbonyl (C=O) groups excluding carboxylic acids is 2. The molecule has 24 heavy (non-hydrogen) atoms. The molecule has 3 rings (SSSR count). The quantitative estimate of drug-likeness (QED) is 0.923. The Hall–Kier alpha value is -2.35. The Morgan fingerprint density at radius 3 is 2.58 bits per heavy atom. The third-order valence-electron chi connectivity index (χ3n) is 3.77. The molecule has 0 atom stereocenters. The number of likely N-dealkylation sites (tertiary alicyclic amines) is 1. The first kappa shape index (κ1) is 16.5. The lowest BCUT2D eigenvalue weighted by atomic mass is 10.1. The SMILES string of the molecule is O=C(Nc1nc(C(=O)N2CCCCC2)cs1)c1ccc(F)c(F)c1. The largest absolute Gasteiger partial charge is 0.337 e. The van der Waals surface area contributed by atoms with Crippen LogP contribution in [0.15, 0.2) is 23.6 Å². The van der Waals surface area contributed by atoms with Crippen molar-refractivity contribution in [1.82, 2.24) is 9.88 Å². The van der Waals surface area contributed by atoms with E-state index in [1.54, 1.807) is 10.3 Å². The molecule has 1 aliphatic heterocycles. The van der Waals surface area contributed by atoms with Gasteiger partial charge in [-0.25, -0.2) is 13.8 Å².